The van der Waals surface area contributed by atoms with Crippen molar-refractivity contribution in [2.75, 3.05) is 0 Å². The normalized spacial score (nSPS) is 10.0. The summed E-state index contributed by atoms with van der Waals surface area (Å²) in [6.45, 7) is 1.96. The third kappa shape index (κ3) is 2.20. The predicted octanol–water partition coefficient (Wildman–Crippen LogP) is 1.20. The van der Waals surface area contributed by atoms with E-state index in [-0.39, 0.29) is 5.56 Å². The van der Waals surface area contributed by atoms with Gasteiger partial charge in [0.2, 0.25) is 0 Å². The van der Waals surface area contributed by atoms with Gasteiger partial charge in [-0.15, -0.1) is 0 Å². The first kappa shape index (κ1) is 11.8. The molecule has 0 saturated carbocycles. The summed E-state index contributed by atoms with van der Waals surface area (Å²) in [5.41, 5.74) is 1.64. The van der Waals surface area contributed by atoms with Crippen LogP contribution in [0.2, 0.25) is 0 Å². The third-order valence-electron chi connectivity index (χ3n) is 2.51. The number of rotatable bonds is 3. The Bertz CT molecular complexity index is 640. The number of carboxylic acids is 1. The van der Waals surface area contributed by atoms with E-state index in [1.54, 1.807) is 25.3 Å². The number of carboxylic acid groups (broad SMARTS) is 1. The van der Waals surface area contributed by atoms with Gasteiger partial charge in [0.25, 0.3) is 0 Å². The summed E-state index contributed by atoms with van der Waals surface area (Å²) in [4.78, 5) is 14.8. The fourth-order valence-electron chi connectivity index (χ4n) is 1.65. The lowest BCUT2D eigenvalue weighted by atomic mass is 10.2. The molecule has 6 heteroatoms. The van der Waals surface area contributed by atoms with Crippen LogP contribution in [0.15, 0.2) is 24.5 Å². The molecule has 0 aromatic carbocycles. The number of aryl methyl sites for hydroxylation is 1. The molecule has 2 heterocycles. The van der Waals surface area contributed by atoms with E-state index in [2.05, 4.69) is 10.1 Å². The van der Waals surface area contributed by atoms with Crippen LogP contribution in [-0.4, -0.2) is 25.8 Å². The predicted molar refractivity (Wildman–Crippen MR) is 62.0 cm³/mol. The molecule has 1 N–H and O–H groups in total. The topological polar surface area (TPSA) is 91.8 Å². The lowest BCUT2D eigenvalue weighted by Gasteiger charge is -2.02. The molecule has 0 unspecified atom stereocenters. The van der Waals surface area contributed by atoms with Gasteiger partial charge in [0, 0.05) is 18.0 Å². The summed E-state index contributed by atoms with van der Waals surface area (Å²) < 4.78 is 1.50. The summed E-state index contributed by atoms with van der Waals surface area (Å²) in [5, 5.41) is 21.9. The van der Waals surface area contributed by atoms with Gasteiger partial charge < -0.3 is 5.11 Å². The first-order chi connectivity index (χ1) is 8.61. The average Bonchev–Trinajstić information content (AvgIpc) is 2.71. The standard InChI is InChI=1S/C12H10N4O2/c1-8-10(12(17)18)7-16(15-8)6-9-3-2-4-14-11(9)5-13/h2-4,7H,6H2,1H3,(H,17,18). The van der Waals surface area contributed by atoms with Gasteiger partial charge in [-0.25, -0.2) is 9.78 Å². The molecule has 0 aliphatic carbocycles. The molecule has 6 nitrogen and oxygen atoms in total. The van der Waals surface area contributed by atoms with E-state index in [1.807, 2.05) is 6.07 Å². The van der Waals surface area contributed by atoms with Gasteiger partial charge in [-0.1, -0.05) is 6.07 Å². The minimum absolute atomic E-state index is 0.164. The highest BCUT2D eigenvalue weighted by atomic mass is 16.4. The van der Waals surface area contributed by atoms with Gasteiger partial charge in [0.05, 0.1) is 12.2 Å². The number of aromatic nitrogens is 3. The van der Waals surface area contributed by atoms with E-state index < -0.39 is 5.97 Å². The van der Waals surface area contributed by atoms with E-state index in [0.29, 0.717) is 23.5 Å². The van der Waals surface area contributed by atoms with Crippen molar-refractivity contribution in [3.63, 3.8) is 0 Å². The van der Waals surface area contributed by atoms with Crippen LogP contribution in [0.3, 0.4) is 0 Å². The van der Waals surface area contributed by atoms with Gasteiger partial charge in [0.1, 0.15) is 17.3 Å². The molecule has 0 bridgehead atoms. The maximum atomic E-state index is 10.9. The van der Waals surface area contributed by atoms with Crippen LogP contribution in [0, 0.1) is 18.3 Å². The fourth-order valence-corrected chi connectivity index (χ4v) is 1.65. The Morgan fingerprint density at radius 2 is 2.39 bits per heavy atom. The van der Waals surface area contributed by atoms with Crippen molar-refractivity contribution in [1.82, 2.24) is 14.8 Å². The maximum Gasteiger partial charge on any atom is 0.339 e. The Hall–Kier alpha value is -2.68. The van der Waals surface area contributed by atoms with E-state index in [4.69, 9.17) is 10.4 Å². The van der Waals surface area contributed by atoms with Crippen molar-refractivity contribution < 1.29 is 9.90 Å². The molecule has 2 aromatic rings. The van der Waals surface area contributed by atoms with Crippen molar-refractivity contribution >= 4 is 5.97 Å². The summed E-state index contributed by atoms with van der Waals surface area (Å²) in [6, 6.07) is 5.49. The van der Waals surface area contributed by atoms with Crippen molar-refractivity contribution in [3.05, 3.63) is 47.0 Å². The summed E-state index contributed by atoms with van der Waals surface area (Å²) in [5.74, 6) is -1.01. The number of carbonyl (C=O) groups is 1. The van der Waals surface area contributed by atoms with Gasteiger partial charge in [0.15, 0.2) is 0 Å². The Balaban J connectivity index is 2.32. The number of aromatic carboxylic acids is 1. The van der Waals surface area contributed by atoms with Crippen molar-refractivity contribution in [1.29, 1.82) is 5.26 Å². The first-order valence-electron chi connectivity index (χ1n) is 5.23. The van der Waals surface area contributed by atoms with Crippen LogP contribution in [0.1, 0.15) is 27.3 Å². The Labute approximate surface area is 103 Å². The van der Waals surface area contributed by atoms with Crippen LogP contribution in [0.5, 0.6) is 0 Å². The van der Waals surface area contributed by atoms with E-state index >= 15 is 0 Å². The third-order valence-corrected chi connectivity index (χ3v) is 2.51. The monoisotopic (exact) mass is 242 g/mol. The minimum atomic E-state index is -1.01. The van der Waals surface area contributed by atoms with Gasteiger partial charge in [-0.3, -0.25) is 4.68 Å². The number of hydrogen-bond donors (Lipinski definition) is 1. The van der Waals surface area contributed by atoms with Crippen molar-refractivity contribution in [2.45, 2.75) is 13.5 Å². The van der Waals surface area contributed by atoms with Crippen molar-refractivity contribution in [2.24, 2.45) is 0 Å². The molecule has 0 aliphatic heterocycles. The summed E-state index contributed by atoms with van der Waals surface area (Å²) in [7, 11) is 0. The molecule has 90 valence electrons. The van der Waals surface area contributed by atoms with Crippen LogP contribution < -0.4 is 0 Å². The Morgan fingerprint density at radius 1 is 1.61 bits per heavy atom. The van der Waals surface area contributed by atoms with Gasteiger partial charge in [-0.2, -0.15) is 10.4 Å². The number of nitriles is 1. The van der Waals surface area contributed by atoms with Crippen LogP contribution >= 0.6 is 0 Å². The molecule has 0 fully saturated rings. The molecular weight excluding hydrogens is 232 g/mol. The highest BCUT2D eigenvalue weighted by molar-refractivity contribution is 5.88. The zero-order valence-electron chi connectivity index (χ0n) is 9.66. The molecule has 0 aliphatic rings. The van der Waals surface area contributed by atoms with Crippen LogP contribution in [0.4, 0.5) is 0 Å². The van der Waals surface area contributed by atoms with Crippen LogP contribution in [-0.2, 0) is 6.54 Å². The molecule has 0 spiro atoms. The van der Waals surface area contributed by atoms with Gasteiger partial charge in [-0.05, 0) is 13.0 Å². The molecule has 0 atom stereocenters. The Kier molecular flexibility index (Phi) is 3.06. The second kappa shape index (κ2) is 4.67. The number of pyridine rings is 1. The second-order valence-corrected chi connectivity index (χ2v) is 3.75. The zero-order valence-corrected chi connectivity index (χ0v) is 9.66. The average molecular weight is 242 g/mol. The molecule has 0 radical (unpaired) electrons. The fraction of sp³-hybridized carbons (Fsp3) is 0.167. The molecule has 2 rings (SSSR count). The van der Waals surface area contributed by atoms with Crippen LogP contribution in [0.25, 0.3) is 0 Å². The van der Waals surface area contributed by atoms with Crippen molar-refractivity contribution in [3.8, 4) is 6.07 Å². The van der Waals surface area contributed by atoms with Gasteiger partial charge >= 0.3 is 5.97 Å². The molecule has 0 amide bonds. The molecule has 0 saturated heterocycles. The Morgan fingerprint density at radius 3 is 3.00 bits per heavy atom. The molecule has 2 aromatic heterocycles. The number of hydrogen-bond acceptors (Lipinski definition) is 4. The lowest BCUT2D eigenvalue weighted by molar-refractivity contribution is 0.0696. The SMILES string of the molecule is Cc1nn(Cc2cccnc2C#N)cc1C(=O)O. The lowest BCUT2D eigenvalue weighted by Crippen LogP contribution is -2.03. The van der Waals surface area contributed by atoms with E-state index in [0.717, 1.165) is 0 Å². The maximum absolute atomic E-state index is 10.9. The minimum Gasteiger partial charge on any atom is -0.478 e. The summed E-state index contributed by atoms with van der Waals surface area (Å²) in [6.07, 6.45) is 2.99. The quantitative estimate of drug-likeness (QED) is 0.873. The zero-order chi connectivity index (χ0) is 13.1. The second-order valence-electron chi connectivity index (χ2n) is 3.75. The number of nitrogens with zero attached hydrogens (tertiary/aromatic N) is 4. The first-order valence-corrected chi connectivity index (χ1v) is 5.23. The highest BCUT2D eigenvalue weighted by Gasteiger charge is 2.12. The molecule has 18 heavy (non-hydrogen) atoms. The van der Waals surface area contributed by atoms with E-state index in [1.165, 1.54) is 10.9 Å². The highest BCUT2D eigenvalue weighted by Crippen LogP contribution is 2.10. The summed E-state index contributed by atoms with van der Waals surface area (Å²) >= 11 is 0. The largest absolute Gasteiger partial charge is 0.478 e. The molecular formula is C12H10N4O2. The smallest absolute Gasteiger partial charge is 0.339 e. The van der Waals surface area contributed by atoms with E-state index in [9.17, 15) is 4.79 Å².